The third kappa shape index (κ3) is 3.94. The molecular formula is C25H20N2O5. The van der Waals surface area contributed by atoms with Gasteiger partial charge in [-0.25, -0.2) is 4.79 Å². The molecule has 7 nitrogen and oxygen atoms in total. The molecule has 32 heavy (non-hydrogen) atoms. The lowest BCUT2D eigenvalue weighted by Gasteiger charge is -2.28. The number of phenolic OH excluding ortho intramolecular Hbond substituents is 1. The Morgan fingerprint density at radius 2 is 1.91 bits per heavy atom. The average Bonchev–Trinajstić information content (AvgIpc) is 2.81. The van der Waals surface area contributed by atoms with Crippen molar-refractivity contribution in [1.82, 2.24) is 0 Å². The Bertz CT molecular complexity index is 1240. The number of rotatable bonds is 5. The van der Waals surface area contributed by atoms with Gasteiger partial charge in [0.05, 0.1) is 24.7 Å². The van der Waals surface area contributed by atoms with Crippen molar-refractivity contribution in [1.29, 1.82) is 5.26 Å². The fourth-order valence-corrected chi connectivity index (χ4v) is 3.67. The molecule has 0 fully saturated rings. The molecule has 3 N–H and O–H groups in total. The summed E-state index contributed by atoms with van der Waals surface area (Å²) in [5, 5.41) is 19.0. The third-order valence-electron chi connectivity index (χ3n) is 5.23. The maximum Gasteiger partial charge on any atom is 0.340 e. The lowest BCUT2D eigenvalue weighted by atomic mass is 9.83. The number of nitrogens with zero attached hydrogens (tertiary/aromatic N) is 1. The number of hydrogen-bond donors (Lipinski definition) is 2. The largest absolute Gasteiger partial charge is 0.508 e. The van der Waals surface area contributed by atoms with Crippen molar-refractivity contribution in [3.8, 4) is 23.3 Å². The molecule has 1 aliphatic heterocycles. The van der Waals surface area contributed by atoms with Gasteiger partial charge in [0.2, 0.25) is 5.88 Å². The molecule has 7 heteroatoms. The lowest BCUT2D eigenvalue weighted by molar-refractivity contribution is -0.136. The van der Waals surface area contributed by atoms with Crippen LogP contribution in [0.2, 0.25) is 0 Å². The predicted molar refractivity (Wildman–Crippen MR) is 116 cm³/mol. The Morgan fingerprint density at radius 3 is 2.62 bits per heavy atom. The molecule has 0 unspecified atom stereocenters. The van der Waals surface area contributed by atoms with Crippen LogP contribution in [0.3, 0.4) is 0 Å². The van der Waals surface area contributed by atoms with Crippen molar-refractivity contribution in [2.45, 2.75) is 12.5 Å². The topological polar surface area (TPSA) is 115 Å². The summed E-state index contributed by atoms with van der Waals surface area (Å²) in [4.78, 5) is 12.5. The van der Waals surface area contributed by atoms with Crippen molar-refractivity contribution in [3.05, 3.63) is 100 Å². The highest BCUT2D eigenvalue weighted by Crippen LogP contribution is 2.44. The summed E-state index contributed by atoms with van der Waals surface area (Å²) in [5.41, 5.74) is 9.03. The minimum Gasteiger partial charge on any atom is -0.508 e. The van der Waals surface area contributed by atoms with Crippen molar-refractivity contribution < 1.29 is 24.1 Å². The van der Waals surface area contributed by atoms with Crippen molar-refractivity contribution >= 4 is 5.97 Å². The monoisotopic (exact) mass is 428 g/mol. The lowest BCUT2D eigenvalue weighted by Crippen LogP contribution is -2.26. The molecule has 3 aromatic rings. The van der Waals surface area contributed by atoms with Gasteiger partial charge in [0, 0.05) is 17.2 Å². The molecule has 4 rings (SSSR count). The van der Waals surface area contributed by atoms with Gasteiger partial charge in [0.25, 0.3) is 0 Å². The zero-order valence-electron chi connectivity index (χ0n) is 17.2. The van der Waals surface area contributed by atoms with E-state index in [0.717, 1.165) is 11.1 Å². The van der Waals surface area contributed by atoms with Gasteiger partial charge in [-0.3, -0.25) is 0 Å². The normalized spacial score (nSPS) is 14.7. The maximum absolute atomic E-state index is 12.5. The van der Waals surface area contributed by atoms with E-state index in [1.807, 2.05) is 24.3 Å². The first kappa shape index (κ1) is 20.8. The summed E-state index contributed by atoms with van der Waals surface area (Å²) in [6, 6.07) is 21.3. The van der Waals surface area contributed by atoms with Crippen LogP contribution in [0.5, 0.6) is 17.2 Å². The number of hydrogen-bond acceptors (Lipinski definition) is 7. The molecule has 0 saturated carbocycles. The molecule has 0 saturated heterocycles. The number of phenols is 1. The molecule has 1 heterocycles. The van der Waals surface area contributed by atoms with Crippen LogP contribution in [0.25, 0.3) is 0 Å². The van der Waals surface area contributed by atoms with Gasteiger partial charge in [0.15, 0.2) is 0 Å². The van der Waals surface area contributed by atoms with E-state index in [2.05, 4.69) is 6.07 Å². The fourth-order valence-electron chi connectivity index (χ4n) is 3.67. The number of methoxy groups -OCH3 is 1. The molecule has 0 radical (unpaired) electrons. The number of ether oxygens (including phenoxy) is 3. The van der Waals surface area contributed by atoms with Crippen LogP contribution in [0.1, 0.15) is 28.2 Å². The highest BCUT2D eigenvalue weighted by Gasteiger charge is 2.35. The predicted octanol–water partition coefficient (Wildman–Crippen LogP) is 3.71. The number of esters is 1. The van der Waals surface area contributed by atoms with Gasteiger partial charge in [-0.1, -0.05) is 36.4 Å². The zero-order chi connectivity index (χ0) is 22.7. The number of fused-ring (bicyclic) bond motifs is 1. The number of carbonyl (C=O) groups excluding carboxylic acids is 1. The van der Waals surface area contributed by atoms with Crippen molar-refractivity contribution in [3.63, 3.8) is 0 Å². The molecule has 0 amide bonds. The summed E-state index contributed by atoms with van der Waals surface area (Å²) in [6.45, 7) is 0.253. The van der Waals surface area contributed by atoms with Gasteiger partial charge in [-0.2, -0.15) is 5.26 Å². The second kappa shape index (κ2) is 8.74. The minimum absolute atomic E-state index is 0.0261. The average molecular weight is 428 g/mol. The van der Waals surface area contributed by atoms with E-state index in [-0.39, 0.29) is 23.8 Å². The zero-order valence-corrected chi connectivity index (χ0v) is 17.2. The van der Waals surface area contributed by atoms with E-state index in [0.29, 0.717) is 22.6 Å². The molecule has 160 valence electrons. The van der Waals surface area contributed by atoms with Crippen LogP contribution < -0.4 is 15.2 Å². The summed E-state index contributed by atoms with van der Waals surface area (Å²) >= 11 is 0. The smallest absolute Gasteiger partial charge is 0.340 e. The number of nitriles is 1. The van der Waals surface area contributed by atoms with Gasteiger partial charge >= 0.3 is 5.97 Å². The van der Waals surface area contributed by atoms with Crippen LogP contribution in [-0.2, 0) is 16.1 Å². The van der Waals surface area contributed by atoms with Crippen LogP contribution >= 0.6 is 0 Å². The van der Waals surface area contributed by atoms with E-state index >= 15 is 0 Å². The van der Waals surface area contributed by atoms with Gasteiger partial charge < -0.3 is 25.1 Å². The van der Waals surface area contributed by atoms with E-state index < -0.39 is 11.9 Å². The molecule has 3 aromatic carbocycles. The van der Waals surface area contributed by atoms with Crippen LogP contribution in [-0.4, -0.2) is 18.2 Å². The van der Waals surface area contributed by atoms with Crippen molar-refractivity contribution in [2.75, 3.05) is 7.11 Å². The van der Waals surface area contributed by atoms with Gasteiger partial charge in [-0.05, 0) is 29.8 Å². The molecule has 0 aromatic heterocycles. The summed E-state index contributed by atoms with van der Waals surface area (Å²) in [7, 11) is 1.28. The SMILES string of the molecule is COC(=O)C1=C(N)Oc2cc(O)ccc2[C@H]1c1ccc(OCc2ccccc2C#N)cc1. The number of aromatic hydroxyl groups is 1. The first-order chi connectivity index (χ1) is 15.5. The Hall–Kier alpha value is -4.44. The van der Waals surface area contributed by atoms with Crippen LogP contribution in [0, 0.1) is 11.3 Å². The second-order valence-electron chi connectivity index (χ2n) is 7.15. The van der Waals surface area contributed by atoms with Crippen LogP contribution in [0.15, 0.2) is 78.2 Å². The van der Waals surface area contributed by atoms with E-state index in [9.17, 15) is 15.2 Å². The number of benzene rings is 3. The Balaban J connectivity index is 1.64. The number of nitrogens with two attached hydrogens (primary N) is 1. The highest BCUT2D eigenvalue weighted by atomic mass is 16.5. The quantitative estimate of drug-likeness (QED) is 0.595. The fraction of sp³-hybridized carbons (Fsp3) is 0.120. The number of carbonyl (C=O) groups is 1. The first-order valence-corrected chi connectivity index (χ1v) is 9.81. The van der Waals surface area contributed by atoms with E-state index in [1.165, 1.54) is 19.2 Å². The molecular weight excluding hydrogens is 408 g/mol. The summed E-state index contributed by atoms with van der Waals surface area (Å²) in [5.74, 6) is -0.212. The second-order valence-corrected chi connectivity index (χ2v) is 7.15. The minimum atomic E-state index is -0.598. The Kier molecular flexibility index (Phi) is 5.69. The summed E-state index contributed by atoms with van der Waals surface area (Å²) < 4.78 is 16.3. The van der Waals surface area contributed by atoms with Crippen LogP contribution in [0.4, 0.5) is 0 Å². The van der Waals surface area contributed by atoms with Gasteiger partial charge in [0.1, 0.15) is 29.4 Å². The Labute approximate surface area is 184 Å². The third-order valence-corrected chi connectivity index (χ3v) is 5.23. The maximum atomic E-state index is 12.5. The molecule has 0 spiro atoms. The highest BCUT2D eigenvalue weighted by molar-refractivity contribution is 5.92. The van der Waals surface area contributed by atoms with Gasteiger partial charge in [-0.15, -0.1) is 0 Å². The molecule has 0 aliphatic carbocycles. The van der Waals surface area contributed by atoms with E-state index in [1.54, 1.807) is 30.3 Å². The Morgan fingerprint density at radius 1 is 1.16 bits per heavy atom. The summed E-state index contributed by atoms with van der Waals surface area (Å²) in [6.07, 6.45) is 0. The first-order valence-electron chi connectivity index (χ1n) is 9.81. The molecule has 1 atom stereocenters. The van der Waals surface area contributed by atoms with E-state index in [4.69, 9.17) is 19.9 Å². The van der Waals surface area contributed by atoms with Crippen molar-refractivity contribution in [2.24, 2.45) is 5.73 Å². The molecule has 0 bridgehead atoms. The molecule has 1 aliphatic rings. The standard InChI is InChI=1S/C25H20N2O5/c1-30-25(29)23-22(20-11-8-18(28)12-21(20)32-24(23)27)15-6-9-19(10-7-15)31-14-17-5-3-2-4-16(17)13-26/h2-12,22,28H,14,27H2,1H3/t22-/m1/s1.